The molecule has 3 rings (SSSR count). The highest BCUT2D eigenvalue weighted by Gasteiger charge is 2.31. The number of carbonyl (C=O) groups excluding carboxylic acids is 1. The van der Waals surface area contributed by atoms with Gasteiger partial charge in [0.25, 0.3) is 0 Å². The maximum Gasteiger partial charge on any atom is 0.141 e. The van der Waals surface area contributed by atoms with Crippen LogP contribution in [0.2, 0.25) is 0 Å². The van der Waals surface area contributed by atoms with Crippen LogP contribution in [-0.4, -0.2) is 10.8 Å². The van der Waals surface area contributed by atoms with E-state index in [9.17, 15) is 4.79 Å². The second kappa shape index (κ2) is 9.10. The van der Waals surface area contributed by atoms with Gasteiger partial charge in [0.05, 0.1) is 5.92 Å². The first kappa shape index (κ1) is 18.1. The van der Waals surface area contributed by atoms with E-state index in [-0.39, 0.29) is 11.8 Å². The summed E-state index contributed by atoms with van der Waals surface area (Å²) in [4.78, 5) is 17.4. The third-order valence-corrected chi connectivity index (χ3v) is 4.84. The molecule has 0 amide bonds. The number of carbonyl (C=O) groups is 1. The fourth-order valence-corrected chi connectivity index (χ4v) is 3.54. The van der Waals surface area contributed by atoms with Gasteiger partial charge < -0.3 is 0 Å². The second-order valence-corrected chi connectivity index (χ2v) is 6.63. The Balaban J connectivity index is 2.11. The maximum atomic E-state index is 13.3. The molecular weight excluding hydrogens is 318 g/mol. The second-order valence-electron chi connectivity index (χ2n) is 6.63. The van der Waals surface area contributed by atoms with Crippen molar-refractivity contribution in [1.82, 2.24) is 4.98 Å². The van der Waals surface area contributed by atoms with Gasteiger partial charge in [0.15, 0.2) is 0 Å². The van der Waals surface area contributed by atoms with E-state index in [0.29, 0.717) is 12.2 Å². The highest BCUT2D eigenvalue weighted by molar-refractivity contribution is 5.87. The van der Waals surface area contributed by atoms with Crippen LogP contribution >= 0.6 is 0 Å². The lowest BCUT2D eigenvalue weighted by molar-refractivity contribution is -0.120. The van der Waals surface area contributed by atoms with Crippen LogP contribution < -0.4 is 0 Å². The summed E-state index contributed by atoms with van der Waals surface area (Å²) in [6, 6.07) is 24.7. The van der Waals surface area contributed by atoms with Crippen LogP contribution in [0.25, 0.3) is 0 Å². The molecule has 2 nitrogen and oxygen atoms in total. The average molecular weight is 343 g/mol. The van der Waals surface area contributed by atoms with E-state index in [4.69, 9.17) is 0 Å². The molecule has 0 aliphatic rings. The summed E-state index contributed by atoms with van der Waals surface area (Å²) in [5.41, 5.74) is 3.38. The van der Waals surface area contributed by atoms with Crippen molar-refractivity contribution in [1.29, 1.82) is 0 Å². The Hall–Kier alpha value is -2.74. The molecular formula is C24H25NO. The summed E-state index contributed by atoms with van der Waals surface area (Å²) >= 11 is 0. The van der Waals surface area contributed by atoms with Crippen molar-refractivity contribution >= 4 is 5.78 Å². The predicted octanol–water partition coefficient (Wildman–Crippen LogP) is 5.76. The van der Waals surface area contributed by atoms with Gasteiger partial charge in [-0.3, -0.25) is 9.78 Å². The van der Waals surface area contributed by atoms with E-state index in [1.807, 2.05) is 48.5 Å². The molecule has 0 bridgehead atoms. The largest absolute Gasteiger partial charge is 0.299 e. The van der Waals surface area contributed by atoms with Crippen LogP contribution in [0.5, 0.6) is 0 Å². The number of ketones is 1. The third kappa shape index (κ3) is 4.26. The average Bonchev–Trinajstić information content (AvgIpc) is 2.72. The minimum Gasteiger partial charge on any atom is -0.299 e. The lowest BCUT2D eigenvalue weighted by atomic mass is 9.74. The van der Waals surface area contributed by atoms with Gasteiger partial charge in [0.1, 0.15) is 5.78 Å². The summed E-state index contributed by atoms with van der Waals surface area (Å²) in [5.74, 6) is 0.106. The summed E-state index contributed by atoms with van der Waals surface area (Å²) < 4.78 is 0. The highest BCUT2D eigenvalue weighted by atomic mass is 16.1. The summed E-state index contributed by atoms with van der Waals surface area (Å²) in [7, 11) is 0. The van der Waals surface area contributed by atoms with Gasteiger partial charge in [-0.15, -0.1) is 0 Å². The zero-order valence-corrected chi connectivity index (χ0v) is 15.2. The first-order valence-corrected chi connectivity index (χ1v) is 9.33. The molecule has 2 aromatic carbocycles. The number of nitrogens with zero attached hydrogens (tertiary/aromatic N) is 1. The van der Waals surface area contributed by atoms with Gasteiger partial charge in [-0.05, 0) is 35.2 Å². The number of benzene rings is 2. The van der Waals surface area contributed by atoms with Crippen LogP contribution in [0.4, 0.5) is 0 Å². The highest BCUT2D eigenvalue weighted by Crippen LogP contribution is 2.39. The lowest BCUT2D eigenvalue weighted by Gasteiger charge is -2.28. The van der Waals surface area contributed by atoms with E-state index in [2.05, 4.69) is 36.2 Å². The summed E-state index contributed by atoms with van der Waals surface area (Å²) in [5, 5.41) is 0. The first-order chi connectivity index (χ1) is 12.8. The van der Waals surface area contributed by atoms with Crippen LogP contribution in [0.3, 0.4) is 0 Å². The monoisotopic (exact) mass is 343 g/mol. The standard InChI is InChI=1S/C24H25NO/c1-2-3-14-22(26)24(21-15-17-25-18-16-21)23(19-10-6-4-7-11-19)20-12-8-5-9-13-20/h4-13,15-18,23-24H,2-3,14H2,1H3. The Bertz CT molecular complexity index is 760. The Kier molecular flexibility index (Phi) is 6.32. The molecule has 0 aliphatic heterocycles. The SMILES string of the molecule is CCCCC(=O)C(c1ccncc1)C(c1ccccc1)c1ccccc1. The van der Waals surface area contributed by atoms with Gasteiger partial charge in [-0.25, -0.2) is 0 Å². The number of Topliss-reactive ketones (excluding diaryl/α,β-unsaturated/α-hetero) is 1. The molecule has 0 saturated carbocycles. The molecule has 0 aliphatic carbocycles. The molecule has 3 aromatic rings. The first-order valence-electron chi connectivity index (χ1n) is 9.33. The molecule has 0 N–H and O–H groups in total. The Morgan fingerprint density at radius 2 is 1.35 bits per heavy atom. The Morgan fingerprint density at radius 1 is 0.808 bits per heavy atom. The number of pyridine rings is 1. The smallest absolute Gasteiger partial charge is 0.141 e. The number of hydrogen-bond donors (Lipinski definition) is 0. The molecule has 1 heterocycles. The zero-order valence-electron chi connectivity index (χ0n) is 15.2. The van der Waals surface area contributed by atoms with Gasteiger partial charge in [-0.2, -0.15) is 0 Å². The fraction of sp³-hybridized carbons (Fsp3) is 0.250. The van der Waals surface area contributed by atoms with Crippen LogP contribution in [0.15, 0.2) is 85.2 Å². The Morgan fingerprint density at radius 3 is 1.85 bits per heavy atom. The molecule has 1 aromatic heterocycles. The van der Waals surface area contributed by atoms with E-state index in [1.54, 1.807) is 12.4 Å². The van der Waals surface area contributed by atoms with E-state index >= 15 is 0 Å². The van der Waals surface area contributed by atoms with Gasteiger partial charge in [-0.1, -0.05) is 74.0 Å². The molecule has 0 radical (unpaired) electrons. The van der Waals surface area contributed by atoms with Gasteiger partial charge in [0.2, 0.25) is 0 Å². The van der Waals surface area contributed by atoms with Crippen molar-refractivity contribution in [2.75, 3.05) is 0 Å². The van der Waals surface area contributed by atoms with Crippen molar-refractivity contribution in [3.05, 3.63) is 102 Å². The molecule has 0 fully saturated rings. The number of rotatable bonds is 8. The topological polar surface area (TPSA) is 30.0 Å². The normalized spacial score (nSPS) is 12.1. The van der Waals surface area contributed by atoms with Crippen molar-refractivity contribution in [2.24, 2.45) is 0 Å². The summed E-state index contributed by atoms with van der Waals surface area (Å²) in [6.45, 7) is 2.13. The molecule has 26 heavy (non-hydrogen) atoms. The quantitative estimate of drug-likeness (QED) is 0.521. The van der Waals surface area contributed by atoms with E-state index in [0.717, 1.165) is 18.4 Å². The Labute approximate surface area is 155 Å². The zero-order chi connectivity index (χ0) is 18.2. The van der Waals surface area contributed by atoms with Crippen LogP contribution in [0.1, 0.15) is 54.7 Å². The predicted molar refractivity (Wildman–Crippen MR) is 106 cm³/mol. The van der Waals surface area contributed by atoms with E-state index < -0.39 is 0 Å². The minimum absolute atomic E-state index is 0.00385. The van der Waals surface area contributed by atoms with Crippen LogP contribution in [0, 0.1) is 0 Å². The number of unbranched alkanes of at least 4 members (excludes halogenated alkanes) is 1. The minimum atomic E-state index is -0.200. The molecule has 132 valence electrons. The number of hydrogen-bond acceptors (Lipinski definition) is 2. The molecule has 1 atom stereocenters. The van der Waals surface area contributed by atoms with Crippen LogP contribution in [-0.2, 0) is 4.79 Å². The summed E-state index contributed by atoms with van der Waals surface area (Å²) in [6.07, 6.45) is 6.12. The maximum absolute atomic E-state index is 13.3. The molecule has 2 heteroatoms. The lowest BCUT2D eigenvalue weighted by Crippen LogP contribution is -2.22. The van der Waals surface area contributed by atoms with Crippen molar-refractivity contribution in [3.63, 3.8) is 0 Å². The van der Waals surface area contributed by atoms with Crippen molar-refractivity contribution in [2.45, 2.75) is 38.0 Å². The molecule has 0 saturated heterocycles. The van der Waals surface area contributed by atoms with Crippen molar-refractivity contribution < 1.29 is 4.79 Å². The third-order valence-electron chi connectivity index (χ3n) is 4.84. The fourth-order valence-electron chi connectivity index (χ4n) is 3.54. The molecule has 1 unspecified atom stereocenters. The van der Waals surface area contributed by atoms with Gasteiger partial charge in [0, 0.05) is 24.7 Å². The molecule has 0 spiro atoms. The van der Waals surface area contributed by atoms with E-state index in [1.165, 1.54) is 11.1 Å². The van der Waals surface area contributed by atoms with Gasteiger partial charge >= 0.3 is 0 Å². The van der Waals surface area contributed by atoms with Crippen molar-refractivity contribution in [3.8, 4) is 0 Å². The number of aromatic nitrogens is 1.